The fourth-order valence-electron chi connectivity index (χ4n) is 2.72. The molecule has 1 aromatic heterocycles. The summed E-state index contributed by atoms with van der Waals surface area (Å²) in [6.45, 7) is 1.47. The number of hydrogen-bond donors (Lipinski definition) is 1. The lowest BCUT2D eigenvalue weighted by atomic mass is 10.0. The zero-order valence-electron chi connectivity index (χ0n) is 10.5. The normalized spacial score (nSPS) is 23.9. The maximum atomic E-state index is 13.3. The summed E-state index contributed by atoms with van der Waals surface area (Å²) in [4.78, 5) is 3.50. The second kappa shape index (κ2) is 5.41. The highest BCUT2D eigenvalue weighted by atomic mass is 32.1. The van der Waals surface area contributed by atoms with Crippen LogP contribution in [0.25, 0.3) is 0 Å². The van der Waals surface area contributed by atoms with Gasteiger partial charge in [0.25, 0.3) is 0 Å². The fourth-order valence-corrected chi connectivity index (χ4v) is 3.45. The van der Waals surface area contributed by atoms with Gasteiger partial charge in [-0.05, 0) is 35.6 Å². The van der Waals surface area contributed by atoms with Crippen molar-refractivity contribution in [3.05, 3.63) is 58.0 Å². The molecule has 1 aliphatic heterocycles. The third kappa shape index (κ3) is 2.86. The lowest BCUT2D eigenvalue weighted by Crippen LogP contribution is -2.23. The number of halogens is 1. The minimum atomic E-state index is -0.326. The average Bonchev–Trinajstić information content (AvgIpc) is 3.00. The van der Waals surface area contributed by atoms with E-state index in [-0.39, 0.29) is 18.0 Å². The largest absolute Gasteiger partial charge is 0.392 e. The zero-order valence-corrected chi connectivity index (χ0v) is 11.3. The molecule has 2 heterocycles. The van der Waals surface area contributed by atoms with Gasteiger partial charge in [0.15, 0.2) is 0 Å². The van der Waals surface area contributed by atoms with Crippen molar-refractivity contribution in [3.8, 4) is 0 Å². The van der Waals surface area contributed by atoms with Crippen LogP contribution < -0.4 is 0 Å². The molecule has 4 heteroatoms. The van der Waals surface area contributed by atoms with Gasteiger partial charge in [0.2, 0.25) is 0 Å². The van der Waals surface area contributed by atoms with Gasteiger partial charge in [-0.2, -0.15) is 0 Å². The van der Waals surface area contributed by atoms with Gasteiger partial charge in [-0.15, -0.1) is 11.3 Å². The van der Waals surface area contributed by atoms with Gasteiger partial charge in [0, 0.05) is 24.0 Å². The van der Waals surface area contributed by atoms with Crippen molar-refractivity contribution in [1.29, 1.82) is 0 Å². The first-order chi connectivity index (χ1) is 9.22. The Hall–Kier alpha value is -1.23. The molecule has 100 valence electrons. The SMILES string of the molecule is O[C@H]1C[C@H](c2cccc(F)c2)N(Cc2cccs2)C1. The second-order valence-corrected chi connectivity index (χ2v) is 6.00. The van der Waals surface area contributed by atoms with Crippen molar-refractivity contribution in [2.24, 2.45) is 0 Å². The van der Waals surface area contributed by atoms with Gasteiger partial charge in [0.1, 0.15) is 5.82 Å². The molecule has 0 bridgehead atoms. The first-order valence-electron chi connectivity index (χ1n) is 6.42. The van der Waals surface area contributed by atoms with E-state index in [4.69, 9.17) is 0 Å². The molecule has 1 N–H and O–H groups in total. The van der Waals surface area contributed by atoms with E-state index < -0.39 is 0 Å². The van der Waals surface area contributed by atoms with Crippen molar-refractivity contribution >= 4 is 11.3 Å². The van der Waals surface area contributed by atoms with E-state index in [9.17, 15) is 9.50 Å². The number of benzene rings is 1. The molecule has 1 aliphatic rings. The third-order valence-corrected chi connectivity index (χ3v) is 4.41. The summed E-state index contributed by atoms with van der Waals surface area (Å²) in [7, 11) is 0. The van der Waals surface area contributed by atoms with Crippen LogP contribution in [0.3, 0.4) is 0 Å². The smallest absolute Gasteiger partial charge is 0.123 e. The van der Waals surface area contributed by atoms with Gasteiger partial charge >= 0.3 is 0 Å². The van der Waals surface area contributed by atoms with Crippen LogP contribution in [0.1, 0.15) is 22.9 Å². The van der Waals surface area contributed by atoms with E-state index in [1.165, 1.54) is 10.9 Å². The Morgan fingerprint density at radius 2 is 2.21 bits per heavy atom. The lowest BCUT2D eigenvalue weighted by Gasteiger charge is -2.23. The van der Waals surface area contributed by atoms with Crippen LogP contribution in [0, 0.1) is 5.82 Å². The number of aliphatic hydroxyl groups excluding tert-OH is 1. The number of rotatable bonds is 3. The van der Waals surface area contributed by atoms with E-state index in [0.717, 1.165) is 12.1 Å². The van der Waals surface area contributed by atoms with Crippen molar-refractivity contribution in [2.45, 2.75) is 25.1 Å². The van der Waals surface area contributed by atoms with Crippen molar-refractivity contribution in [2.75, 3.05) is 6.54 Å². The lowest BCUT2D eigenvalue weighted by molar-refractivity contribution is 0.173. The summed E-state index contributed by atoms with van der Waals surface area (Å²) in [6, 6.07) is 10.9. The standard InChI is InChI=1S/C15H16FNOS/c16-12-4-1-3-11(7-12)15-8-13(18)9-17(15)10-14-5-2-6-19-14/h1-7,13,15,18H,8-10H2/t13-,15+/m0/s1. The number of likely N-dealkylation sites (tertiary alicyclic amines) is 1. The van der Waals surface area contributed by atoms with Crippen LogP contribution >= 0.6 is 11.3 Å². The Bertz CT molecular complexity index is 543. The predicted molar refractivity (Wildman–Crippen MR) is 74.5 cm³/mol. The van der Waals surface area contributed by atoms with E-state index in [1.54, 1.807) is 23.5 Å². The Labute approximate surface area is 116 Å². The molecule has 3 rings (SSSR count). The number of hydrogen-bond acceptors (Lipinski definition) is 3. The highest BCUT2D eigenvalue weighted by molar-refractivity contribution is 7.09. The van der Waals surface area contributed by atoms with Crippen LogP contribution in [0.2, 0.25) is 0 Å². The Kier molecular flexibility index (Phi) is 3.64. The monoisotopic (exact) mass is 277 g/mol. The molecule has 1 fully saturated rings. The minimum Gasteiger partial charge on any atom is -0.392 e. The van der Waals surface area contributed by atoms with Crippen molar-refractivity contribution < 1.29 is 9.50 Å². The summed E-state index contributed by atoms with van der Waals surface area (Å²) in [5, 5.41) is 12.0. The van der Waals surface area contributed by atoms with E-state index in [2.05, 4.69) is 16.3 Å². The molecular weight excluding hydrogens is 261 g/mol. The molecule has 1 saturated heterocycles. The highest BCUT2D eigenvalue weighted by Crippen LogP contribution is 2.34. The van der Waals surface area contributed by atoms with Crippen LogP contribution in [0.4, 0.5) is 4.39 Å². The van der Waals surface area contributed by atoms with Crippen molar-refractivity contribution in [3.63, 3.8) is 0 Å². The molecule has 0 unspecified atom stereocenters. The predicted octanol–water partition coefficient (Wildman–Crippen LogP) is 3.20. The quantitative estimate of drug-likeness (QED) is 0.931. The summed E-state index contributed by atoms with van der Waals surface area (Å²) in [6.07, 6.45) is 0.350. The molecule has 1 aromatic carbocycles. The average molecular weight is 277 g/mol. The van der Waals surface area contributed by atoms with Crippen LogP contribution in [-0.4, -0.2) is 22.7 Å². The van der Waals surface area contributed by atoms with Gasteiger partial charge in [0.05, 0.1) is 6.10 Å². The molecular formula is C15H16FNOS. The first-order valence-corrected chi connectivity index (χ1v) is 7.30. The van der Waals surface area contributed by atoms with Crippen LogP contribution in [0.5, 0.6) is 0 Å². The minimum absolute atomic E-state index is 0.104. The Balaban J connectivity index is 1.82. The van der Waals surface area contributed by atoms with E-state index >= 15 is 0 Å². The zero-order chi connectivity index (χ0) is 13.2. The maximum absolute atomic E-state index is 13.3. The molecule has 2 aromatic rings. The number of β-amino-alcohol motifs (C(OH)–C–C–N with tert-alkyl or cyclic N) is 1. The summed E-state index contributed by atoms with van der Waals surface area (Å²) in [5.41, 5.74) is 0.952. The fraction of sp³-hybridized carbons (Fsp3) is 0.333. The molecule has 2 atom stereocenters. The van der Waals surface area contributed by atoms with Crippen LogP contribution in [0.15, 0.2) is 41.8 Å². The second-order valence-electron chi connectivity index (χ2n) is 4.97. The molecule has 0 saturated carbocycles. The maximum Gasteiger partial charge on any atom is 0.123 e. The summed E-state index contributed by atoms with van der Waals surface area (Å²) < 4.78 is 13.3. The van der Waals surface area contributed by atoms with Gasteiger partial charge in [-0.1, -0.05) is 18.2 Å². The first kappa shape index (κ1) is 12.8. The van der Waals surface area contributed by atoms with Crippen LogP contribution in [-0.2, 0) is 6.54 Å². The Morgan fingerprint density at radius 1 is 1.32 bits per heavy atom. The highest BCUT2D eigenvalue weighted by Gasteiger charge is 2.32. The Morgan fingerprint density at radius 3 is 2.95 bits per heavy atom. The number of aliphatic hydroxyl groups is 1. The summed E-state index contributed by atoms with van der Waals surface area (Å²) >= 11 is 1.71. The van der Waals surface area contributed by atoms with E-state index in [1.807, 2.05) is 12.1 Å². The molecule has 0 amide bonds. The van der Waals surface area contributed by atoms with Crippen molar-refractivity contribution in [1.82, 2.24) is 4.90 Å². The topological polar surface area (TPSA) is 23.5 Å². The molecule has 2 nitrogen and oxygen atoms in total. The van der Waals surface area contributed by atoms with E-state index in [0.29, 0.717) is 13.0 Å². The summed E-state index contributed by atoms with van der Waals surface area (Å²) in [5.74, 6) is -0.213. The third-order valence-electron chi connectivity index (χ3n) is 3.55. The molecule has 0 aliphatic carbocycles. The molecule has 0 radical (unpaired) electrons. The molecule has 0 spiro atoms. The van der Waals surface area contributed by atoms with Gasteiger partial charge in [-0.3, -0.25) is 4.90 Å². The van der Waals surface area contributed by atoms with Gasteiger partial charge in [-0.25, -0.2) is 4.39 Å². The number of thiophene rings is 1. The molecule has 19 heavy (non-hydrogen) atoms. The van der Waals surface area contributed by atoms with Gasteiger partial charge < -0.3 is 5.11 Å². The number of nitrogens with zero attached hydrogens (tertiary/aromatic N) is 1.